The Morgan fingerprint density at radius 2 is 1.85 bits per heavy atom. The Bertz CT molecular complexity index is 945. The molecule has 1 saturated heterocycles. The average molecular weight is 386 g/mol. The summed E-state index contributed by atoms with van der Waals surface area (Å²) in [6.07, 6.45) is -0.248. The number of phenolic OH excluding ortho intramolecular Hbond substituents is 1. The Morgan fingerprint density at radius 1 is 1.11 bits per heavy atom. The lowest BCUT2D eigenvalue weighted by Crippen LogP contribution is -2.32. The number of amides is 3. The fourth-order valence-corrected chi connectivity index (χ4v) is 3.55. The monoisotopic (exact) mass is 386 g/mol. The van der Waals surface area contributed by atoms with Crippen molar-refractivity contribution in [2.45, 2.75) is 11.7 Å². The summed E-state index contributed by atoms with van der Waals surface area (Å²) in [5.74, 6) is -2.28. The zero-order chi connectivity index (χ0) is 19.6. The van der Waals surface area contributed by atoms with E-state index >= 15 is 0 Å². The predicted octanol–water partition coefficient (Wildman–Crippen LogP) is 2.69. The number of carbonyl (C=O) groups excluding carboxylic acids is 3. The van der Waals surface area contributed by atoms with Gasteiger partial charge in [-0.2, -0.15) is 0 Å². The van der Waals surface area contributed by atoms with Crippen molar-refractivity contribution >= 4 is 46.2 Å². The van der Waals surface area contributed by atoms with Crippen LogP contribution in [-0.2, 0) is 9.59 Å². The van der Waals surface area contributed by atoms with Crippen LogP contribution in [0.15, 0.2) is 48.5 Å². The number of rotatable bonds is 5. The van der Waals surface area contributed by atoms with E-state index in [0.29, 0.717) is 0 Å². The molecule has 138 valence electrons. The number of imide groups is 1. The second-order valence-electron chi connectivity index (χ2n) is 5.70. The highest BCUT2D eigenvalue weighted by atomic mass is 32.2. The number of hydrogen-bond donors (Lipinski definition) is 3. The molecule has 0 spiro atoms. The Kier molecular flexibility index (Phi) is 5.13. The number of carboxylic acid groups (broad SMARTS) is 1. The smallest absolute Gasteiger partial charge is 0.335 e. The number of anilines is 2. The molecule has 3 N–H and O–H groups in total. The lowest BCUT2D eigenvalue weighted by Gasteiger charge is -2.14. The quantitative estimate of drug-likeness (QED) is 0.722. The van der Waals surface area contributed by atoms with Crippen molar-refractivity contribution in [3.8, 4) is 5.75 Å². The molecule has 2 aromatic carbocycles. The largest absolute Gasteiger partial charge is 0.508 e. The van der Waals surface area contributed by atoms with Gasteiger partial charge in [0.25, 0.3) is 5.24 Å². The van der Waals surface area contributed by atoms with Crippen LogP contribution in [0.4, 0.5) is 16.2 Å². The van der Waals surface area contributed by atoms with Gasteiger partial charge in [0.1, 0.15) is 11.0 Å². The van der Waals surface area contributed by atoms with Crippen molar-refractivity contribution in [1.29, 1.82) is 0 Å². The fourth-order valence-electron chi connectivity index (χ4n) is 2.56. The summed E-state index contributed by atoms with van der Waals surface area (Å²) in [7, 11) is 0. The van der Waals surface area contributed by atoms with Gasteiger partial charge in [-0.1, -0.05) is 12.1 Å². The first-order valence-corrected chi connectivity index (χ1v) is 8.70. The summed E-state index contributed by atoms with van der Waals surface area (Å²) < 4.78 is 0. The van der Waals surface area contributed by atoms with Crippen LogP contribution in [0.3, 0.4) is 0 Å². The first-order chi connectivity index (χ1) is 12.8. The van der Waals surface area contributed by atoms with Crippen molar-refractivity contribution in [2.75, 3.05) is 10.2 Å². The highest BCUT2D eigenvalue weighted by Crippen LogP contribution is 2.34. The van der Waals surface area contributed by atoms with Crippen LogP contribution in [0.1, 0.15) is 16.8 Å². The van der Waals surface area contributed by atoms with Crippen LogP contribution in [0.5, 0.6) is 5.75 Å². The lowest BCUT2D eigenvalue weighted by molar-refractivity contribution is -0.121. The maximum Gasteiger partial charge on any atom is 0.335 e. The second-order valence-corrected chi connectivity index (χ2v) is 6.86. The Morgan fingerprint density at radius 3 is 2.56 bits per heavy atom. The van der Waals surface area contributed by atoms with Crippen LogP contribution < -0.4 is 10.2 Å². The Hall–Kier alpha value is -3.33. The van der Waals surface area contributed by atoms with E-state index in [-0.39, 0.29) is 29.1 Å². The van der Waals surface area contributed by atoms with Crippen molar-refractivity contribution in [2.24, 2.45) is 0 Å². The third kappa shape index (κ3) is 4.09. The van der Waals surface area contributed by atoms with E-state index in [1.54, 1.807) is 0 Å². The number of thioether (sulfide) groups is 1. The number of hydrogen-bond acceptors (Lipinski definition) is 6. The van der Waals surface area contributed by atoms with Crippen LogP contribution in [-0.4, -0.2) is 38.5 Å². The molecular formula is C18H14N2O6S. The molecule has 0 bridgehead atoms. The maximum atomic E-state index is 12.5. The van der Waals surface area contributed by atoms with Gasteiger partial charge in [-0.25, -0.2) is 9.69 Å². The molecule has 0 saturated carbocycles. The normalized spacial score (nSPS) is 16.4. The molecule has 8 nitrogen and oxygen atoms in total. The minimum Gasteiger partial charge on any atom is -0.508 e. The van der Waals surface area contributed by atoms with Crippen molar-refractivity contribution < 1.29 is 29.4 Å². The van der Waals surface area contributed by atoms with Crippen molar-refractivity contribution in [3.63, 3.8) is 0 Å². The van der Waals surface area contributed by atoms with Crippen LogP contribution in [0.2, 0.25) is 0 Å². The maximum absolute atomic E-state index is 12.5. The summed E-state index contributed by atoms with van der Waals surface area (Å²) in [6, 6.07) is 11.4. The van der Waals surface area contributed by atoms with Gasteiger partial charge in [-0.05, 0) is 42.1 Å². The number of carboxylic acids is 1. The number of aromatic hydroxyl groups is 1. The van der Waals surface area contributed by atoms with Gasteiger partial charge in [0, 0.05) is 18.2 Å². The molecule has 3 rings (SSSR count). The predicted molar refractivity (Wildman–Crippen MR) is 99.0 cm³/mol. The molecule has 1 unspecified atom stereocenters. The SMILES string of the molecule is O=C(CC1SC(=O)N(c2cccc(O)c2)C1=O)Nc1cccc(C(=O)O)c1. The topological polar surface area (TPSA) is 124 Å². The first-order valence-electron chi connectivity index (χ1n) is 7.82. The molecule has 1 atom stereocenters. The van der Waals surface area contributed by atoms with Gasteiger partial charge in [0.2, 0.25) is 11.8 Å². The van der Waals surface area contributed by atoms with E-state index in [1.807, 2.05) is 0 Å². The number of nitrogens with zero attached hydrogens (tertiary/aromatic N) is 1. The van der Waals surface area contributed by atoms with E-state index < -0.39 is 28.3 Å². The molecule has 1 aliphatic heterocycles. The Balaban J connectivity index is 1.68. The lowest BCUT2D eigenvalue weighted by atomic mass is 10.2. The number of benzene rings is 2. The zero-order valence-corrected chi connectivity index (χ0v) is 14.6. The first kappa shape index (κ1) is 18.5. The highest BCUT2D eigenvalue weighted by molar-refractivity contribution is 8.15. The Labute approximate surface area is 157 Å². The number of nitrogens with one attached hydrogen (secondary N) is 1. The van der Waals surface area contributed by atoms with Crippen molar-refractivity contribution in [1.82, 2.24) is 0 Å². The molecule has 27 heavy (non-hydrogen) atoms. The van der Waals surface area contributed by atoms with E-state index in [4.69, 9.17) is 5.11 Å². The zero-order valence-electron chi connectivity index (χ0n) is 13.8. The summed E-state index contributed by atoms with van der Waals surface area (Å²) in [6.45, 7) is 0. The van der Waals surface area contributed by atoms with Gasteiger partial charge in [-0.15, -0.1) is 0 Å². The van der Waals surface area contributed by atoms with Crippen LogP contribution in [0, 0.1) is 0 Å². The average Bonchev–Trinajstić information content (AvgIpc) is 2.88. The summed E-state index contributed by atoms with van der Waals surface area (Å²) in [5, 5.41) is 19.6. The molecule has 0 aromatic heterocycles. The summed E-state index contributed by atoms with van der Waals surface area (Å²) in [4.78, 5) is 48.8. The van der Waals surface area contributed by atoms with E-state index in [9.17, 15) is 24.3 Å². The molecule has 1 aliphatic rings. The van der Waals surface area contributed by atoms with E-state index in [2.05, 4.69) is 5.32 Å². The second kappa shape index (κ2) is 7.50. The number of phenols is 1. The molecule has 3 amide bonds. The summed E-state index contributed by atoms with van der Waals surface area (Å²) in [5.41, 5.74) is 0.533. The van der Waals surface area contributed by atoms with E-state index in [0.717, 1.165) is 16.7 Å². The van der Waals surface area contributed by atoms with Gasteiger partial charge < -0.3 is 15.5 Å². The van der Waals surface area contributed by atoms with Gasteiger partial charge in [0.05, 0.1) is 11.3 Å². The minimum absolute atomic E-state index is 0.0179. The molecule has 2 aromatic rings. The standard InChI is InChI=1S/C18H14N2O6S/c21-13-6-2-5-12(8-13)20-16(23)14(27-18(20)26)9-15(22)19-11-4-1-3-10(7-11)17(24)25/h1-8,14,21H,9H2,(H,19,22)(H,24,25). The molecule has 1 fully saturated rings. The van der Waals surface area contributed by atoms with E-state index in [1.165, 1.54) is 48.5 Å². The fraction of sp³-hybridized carbons (Fsp3) is 0.111. The van der Waals surface area contributed by atoms with Gasteiger partial charge >= 0.3 is 5.97 Å². The third-order valence-electron chi connectivity index (χ3n) is 3.77. The molecule has 1 heterocycles. The summed E-state index contributed by atoms with van der Waals surface area (Å²) >= 11 is 0.730. The molecule has 0 aliphatic carbocycles. The molecular weight excluding hydrogens is 372 g/mol. The van der Waals surface area contributed by atoms with Crippen LogP contribution >= 0.6 is 11.8 Å². The molecule has 0 radical (unpaired) electrons. The van der Waals surface area contributed by atoms with Gasteiger partial charge in [-0.3, -0.25) is 14.4 Å². The van der Waals surface area contributed by atoms with Crippen LogP contribution in [0.25, 0.3) is 0 Å². The number of aromatic carboxylic acids is 1. The highest BCUT2D eigenvalue weighted by Gasteiger charge is 2.41. The minimum atomic E-state index is -1.13. The molecule has 9 heteroatoms. The van der Waals surface area contributed by atoms with Crippen molar-refractivity contribution in [3.05, 3.63) is 54.1 Å². The third-order valence-corrected chi connectivity index (χ3v) is 4.81. The van der Waals surface area contributed by atoms with Gasteiger partial charge in [0.15, 0.2) is 0 Å². The number of carbonyl (C=O) groups is 4.